The van der Waals surface area contributed by atoms with E-state index in [9.17, 15) is 0 Å². The fourth-order valence-corrected chi connectivity index (χ4v) is 0.966. The molecule has 13 heavy (non-hydrogen) atoms. The van der Waals surface area contributed by atoms with Crippen LogP contribution in [0.15, 0.2) is 12.4 Å². The van der Waals surface area contributed by atoms with Crippen LogP contribution in [0.5, 0.6) is 0 Å². The van der Waals surface area contributed by atoms with Gasteiger partial charge in [-0.2, -0.15) is 0 Å². The van der Waals surface area contributed by atoms with Crippen molar-refractivity contribution in [2.75, 3.05) is 20.8 Å². The molecule has 0 bridgehead atoms. The molecule has 1 aromatic heterocycles. The third-order valence-corrected chi connectivity index (χ3v) is 1.68. The number of aromatic nitrogens is 2. The van der Waals surface area contributed by atoms with Crippen LogP contribution in [0.3, 0.4) is 0 Å². The second kappa shape index (κ2) is 5.69. The Kier molecular flexibility index (Phi) is 4.45. The molecule has 0 fully saturated rings. The van der Waals surface area contributed by atoms with Crippen LogP contribution < -0.4 is 5.32 Å². The number of nitrogens with zero attached hydrogens (tertiary/aromatic N) is 1. The fourth-order valence-electron chi connectivity index (χ4n) is 0.966. The molecular weight excluding hydrogens is 170 g/mol. The summed E-state index contributed by atoms with van der Waals surface area (Å²) < 4.78 is 10.0. The van der Waals surface area contributed by atoms with Crippen LogP contribution in [-0.4, -0.2) is 37.0 Å². The van der Waals surface area contributed by atoms with Crippen LogP contribution >= 0.6 is 0 Å². The monoisotopic (exact) mass is 185 g/mol. The summed E-state index contributed by atoms with van der Waals surface area (Å²) >= 11 is 0. The predicted octanol–water partition coefficient (Wildman–Crippen LogP) is 0.118. The van der Waals surface area contributed by atoms with Gasteiger partial charge in [0.2, 0.25) is 0 Å². The molecule has 5 nitrogen and oxygen atoms in total. The first kappa shape index (κ1) is 10.2. The lowest BCUT2D eigenvalue weighted by Gasteiger charge is -2.13. The Morgan fingerprint density at radius 2 is 2.31 bits per heavy atom. The van der Waals surface area contributed by atoms with E-state index in [1.54, 1.807) is 26.6 Å². The third-order valence-electron chi connectivity index (χ3n) is 1.68. The zero-order chi connectivity index (χ0) is 9.52. The summed E-state index contributed by atoms with van der Waals surface area (Å²) in [6.45, 7) is 1.34. The van der Waals surface area contributed by atoms with Crippen LogP contribution in [0.25, 0.3) is 0 Å². The minimum absolute atomic E-state index is 0.199. The van der Waals surface area contributed by atoms with Crippen molar-refractivity contribution in [3.8, 4) is 0 Å². The van der Waals surface area contributed by atoms with Gasteiger partial charge in [-0.05, 0) is 0 Å². The van der Waals surface area contributed by atoms with Gasteiger partial charge in [0.25, 0.3) is 0 Å². The Labute approximate surface area is 77.5 Å². The number of hydrogen-bond donors (Lipinski definition) is 2. The molecular formula is C8H15N3O2. The van der Waals surface area contributed by atoms with E-state index in [1.807, 2.05) is 0 Å². The summed E-state index contributed by atoms with van der Waals surface area (Å²) in [5.74, 6) is 0.908. The van der Waals surface area contributed by atoms with E-state index in [2.05, 4.69) is 15.3 Å². The lowest BCUT2D eigenvalue weighted by atomic mass is 10.5. The van der Waals surface area contributed by atoms with Gasteiger partial charge in [-0.1, -0.05) is 0 Å². The van der Waals surface area contributed by atoms with Gasteiger partial charge in [-0.3, -0.25) is 0 Å². The van der Waals surface area contributed by atoms with Crippen LogP contribution in [-0.2, 0) is 16.0 Å². The summed E-state index contributed by atoms with van der Waals surface area (Å²) in [6, 6.07) is 0. The van der Waals surface area contributed by atoms with E-state index in [0.29, 0.717) is 13.1 Å². The normalized spacial score (nSPS) is 11.0. The second-order valence-electron chi connectivity index (χ2n) is 2.57. The molecule has 5 heteroatoms. The minimum atomic E-state index is -0.199. The van der Waals surface area contributed by atoms with Crippen LogP contribution in [0, 0.1) is 0 Å². The molecule has 0 spiro atoms. The van der Waals surface area contributed by atoms with Gasteiger partial charge in [-0.15, -0.1) is 0 Å². The lowest BCUT2D eigenvalue weighted by molar-refractivity contribution is -0.0989. The maximum Gasteiger partial charge on any atom is 0.169 e. The second-order valence-corrected chi connectivity index (χ2v) is 2.57. The molecule has 74 valence electrons. The summed E-state index contributed by atoms with van der Waals surface area (Å²) in [5.41, 5.74) is 0. The molecule has 0 aliphatic rings. The highest BCUT2D eigenvalue weighted by Gasteiger charge is 2.03. The Morgan fingerprint density at radius 1 is 1.54 bits per heavy atom. The van der Waals surface area contributed by atoms with Crippen molar-refractivity contribution >= 4 is 0 Å². The maximum atomic E-state index is 5.00. The van der Waals surface area contributed by atoms with Crippen LogP contribution in [0.1, 0.15) is 5.82 Å². The lowest BCUT2D eigenvalue weighted by Crippen LogP contribution is -2.29. The first-order valence-electron chi connectivity index (χ1n) is 4.11. The van der Waals surface area contributed by atoms with Gasteiger partial charge < -0.3 is 19.8 Å². The number of H-pyrrole nitrogens is 1. The van der Waals surface area contributed by atoms with Gasteiger partial charge in [0, 0.05) is 33.2 Å². The van der Waals surface area contributed by atoms with Gasteiger partial charge in [0.05, 0.1) is 6.54 Å². The number of hydrogen-bond acceptors (Lipinski definition) is 4. The van der Waals surface area contributed by atoms with Crippen molar-refractivity contribution in [1.29, 1.82) is 0 Å². The van der Waals surface area contributed by atoms with Crippen molar-refractivity contribution < 1.29 is 9.47 Å². The summed E-state index contributed by atoms with van der Waals surface area (Å²) in [5, 5.41) is 3.15. The Balaban J connectivity index is 2.13. The summed E-state index contributed by atoms with van der Waals surface area (Å²) in [4.78, 5) is 7.06. The summed E-state index contributed by atoms with van der Waals surface area (Å²) in [6.07, 6.45) is 3.32. The smallest absolute Gasteiger partial charge is 0.169 e. The SMILES string of the molecule is COC(CNCc1ncc[nH]1)OC. The molecule has 0 atom stereocenters. The number of nitrogens with one attached hydrogen (secondary N) is 2. The summed E-state index contributed by atoms with van der Waals surface area (Å²) in [7, 11) is 3.23. The zero-order valence-corrected chi connectivity index (χ0v) is 7.91. The Hall–Kier alpha value is -0.910. The molecule has 0 saturated heterocycles. The molecule has 0 amide bonds. The van der Waals surface area contributed by atoms with Crippen LogP contribution in [0.4, 0.5) is 0 Å². The molecule has 0 unspecified atom stereocenters. The maximum absolute atomic E-state index is 5.00. The average Bonchev–Trinajstić information content (AvgIpc) is 2.65. The molecule has 0 aliphatic carbocycles. The highest BCUT2D eigenvalue weighted by Crippen LogP contribution is 1.90. The molecule has 0 radical (unpaired) electrons. The highest BCUT2D eigenvalue weighted by molar-refractivity contribution is 4.85. The molecule has 0 saturated carbocycles. The van der Waals surface area contributed by atoms with Crippen molar-refractivity contribution in [2.45, 2.75) is 12.8 Å². The molecule has 0 aromatic carbocycles. The van der Waals surface area contributed by atoms with Gasteiger partial charge >= 0.3 is 0 Å². The number of imidazole rings is 1. The molecule has 1 rings (SSSR count). The number of aromatic amines is 1. The first-order chi connectivity index (χ1) is 6.36. The Morgan fingerprint density at radius 3 is 2.85 bits per heavy atom. The number of ether oxygens (including phenoxy) is 2. The molecule has 1 heterocycles. The average molecular weight is 185 g/mol. The van der Waals surface area contributed by atoms with E-state index >= 15 is 0 Å². The molecule has 2 N–H and O–H groups in total. The Bertz CT molecular complexity index is 209. The third kappa shape index (κ3) is 3.54. The zero-order valence-electron chi connectivity index (χ0n) is 7.91. The number of rotatable bonds is 6. The molecule has 0 aliphatic heterocycles. The number of methoxy groups -OCH3 is 2. The van der Waals surface area contributed by atoms with Gasteiger partial charge in [-0.25, -0.2) is 4.98 Å². The highest BCUT2D eigenvalue weighted by atomic mass is 16.7. The van der Waals surface area contributed by atoms with Gasteiger partial charge in [0.1, 0.15) is 5.82 Å². The molecule has 1 aromatic rings. The van der Waals surface area contributed by atoms with Crippen molar-refractivity contribution in [3.05, 3.63) is 18.2 Å². The van der Waals surface area contributed by atoms with E-state index in [-0.39, 0.29) is 6.29 Å². The standard InChI is InChI=1S/C8H15N3O2/c1-12-8(13-2)6-9-5-7-10-3-4-11-7/h3-4,8-9H,5-6H2,1-2H3,(H,10,11). The van der Waals surface area contributed by atoms with E-state index in [0.717, 1.165) is 5.82 Å². The van der Waals surface area contributed by atoms with Crippen molar-refractivity contribution in [2.24, 2.45) is 0 Å². The fraction of sp³-hybridized carbons (Fsp3) is 0.625. The van der Waals surface area contributed by atoms with Crippen LogP contribution in [0.2, 0.25) is 0 Å². The van der Waals surface area contributed by atoms with E-state index in [1.165, 1.54) is 0 Å². The quantitative estimate of drug-likeness (QED) is 0.618. The van der Waals surface area contributed by atoms with Crippen molar-refractivity contribution in [1.82, 2.24) is 15.3 Å². The van der Waals surface area contributed by atoms with Crippen molar-refractivity contribution in [3.63, 3.8) is 0 Å². The first-order valence-corrected chi connectivity index (χ1v) is 4.11. The largest absolute Gasteiger partial charge is 0.355 e. The van der Waals surface area contributed by atoms with E-state index in [4.69, 9.17) is 9.47 Å². The van der Waals surface area contributed by atoms with Gasteiger partial charge in [0.15, 0.2) is 6.29 Å². The predicted molar refractivity (Wildman–Crippen MR) is 48.1 cm³/mol. The van der Waals surface area contributed by atoms with E-state index < -0.39 is 0 Å². The topological polar surface area (TPSA) is 59.2 Å². The minimum Gasteiger partial charge on any atom is -0.355 e.